The maximum Gasteiger partial charge on any atom is 0.246 e. The number of nitrogens with one attached hydrogen (secondary N) is 1. The van der Waals surface area contributed by atoms with Gasteiger partial charge >= 0.3 is 0 Å². The van der Waals surface area contributed by atoms with Gasteiger partial charge in [-0.3, -0.25) is 9.59 Å². The summed E-state index contributed by atoms with van der Waals surface area (Å²) in [5.74, 6) is 0.325. The van der Waals surface area contributed by atoms with Crippen LogP contribution in [0.25, 0.3) is 0 Å². The molecule has 4 nitrogen and oxygen atoms in total. The van der Waals surface area contributed by atoms with Crippen LogP contribution in [0, 0.1) is 5.92 Å². The lowest BCUT2D eigenvalue weighted by atomic mass is 10.0. The minimum Gasteiger partial charge on any atom is -0.343 e. The minimum absolute atomic E-state index is 0.00835. The van der Waals surface area contributed by atoms with Gasteiger partial charge in [-0.1, -0.05) is 30.7 Å². The fourth-order valence-electron chi connectivity index (χ4n) is 2.96. The number of carbonyl (C=O) groups is 2. The average molecular weight is 307 g/mol. The van der Waals surface area contributed by atoms with Crippen molar-refractivity contribution >= 4 is 23.4 Å². The third-order valence-electron chi connectivity index (χ3n) is 4.22. The molecule has 1 saturated heterocycles. The second-order valence-electron chi connectivity index (χ2n) is 5.85. The summed E-state index contributed by atoms with van der Waals surface area (Å²) < 4.78 is 0. The van der Waals surface area contributed by atoms with E-state index >= 15 is 0 Å². The normalized spacial score (nSPS) is 25.9. The Morgan fingerprint density at radius 2 is 2.10 bits per heavy atom. The summed E-state index contributed by atoms with van der Waals surface area (Å²) in [5, 5.41) is 3.51. The minimum atomic E-state index is -0.397. The second-order valence-corrected chi connectivity index (χ2v) is 6.28. The Morgan fingerprint density at radius 1 is 1.33 bits per heavy atom. The molecule has 2 fully saturated rings. The molecule has 2 amide bonds. The molecular formula is C16H19ClN2O2. The lowest BCUT2D eigenvalue weighted by Crippen LogP contribution is -2.63. The van der Waals surface area contributed by atoms with Gasteiger partial charge in [-0.15, -0.1) is 0 Å². The van der Waals surface area contributed by atoms with E-state index in [4.69, 9.17) is 11.6 Å². The molecule has 2 unspecified atom stereocenters. The van der Waals surface area contributed by atoms with Gasteiger partial charge in [0.1, 0.15) is 12.1 Å². The van der Waals surface area contributed by atoms with Gasteiger partial charge in [0.2, 0.25) is 11.8 Å². The molecule has 0 bridgehead atoms. The molecule has 1 aromatic carbocycles. The number of halogens is 1. The van der Waals surface area contributed by atoms with Crippen LogP contribution in [0.3, 0.4) is 0 Å². The Bertz CT molecular complexity index is 571. The van der Waals surface area contributed by atoms with Gasteiger partial charge in [0.05, 0.1) is 0 Å². The van der Waals surface area contributed by atoms with Crippen LogP contribution >= 0.6 is 11.6 Å². The zero-order valence-electron chi connectivity index (χ0n) is 12.0. The predicted molar refractivity (Wildman–Crippen MR) is 80.7 cm³/mol. The molecule has 1 aliphatic carbocycles. The van der Waals surface area contributed by atoms with Crippen molar-refractivity contribution in [1.29, 1.82) is 0 Å². The van der Waals surface area contributed by atoms with Crippen LogP contribution in [0.5, 0.6) is 0 Å². The average Bonchev–Trinajstić information content (AvgIpc) is 3.27. The highest BCUT2D eigenvalue weighted by Crippen LogP contribution is 2.37. The van der Waals surface area contributed by atoms with Crippen molar-refractivity contribution in [2.75, 3.05) is 0 Å². The predicted octanol–water partition coefficient (Wildman–Crippen LogP) is 2.36. The highest BCUT2D eigenvalue weighted by molar-refractivity contribution is 6.30. The van der Waals surface area contributed by atoms with Crippen molar-refractivity contribution < 1.29 is 9.59 Å². The molecule has 3 rings (SSSR count). The summed E-state index contributed by atoms with van der Waals surface area (Å²) in [6.45, 7) is 2.36. The van der Waals surface area contributed by atoms with Crippen LogP contribution in [0.2, 0.25) is 5.02 Å². The quantitative estimate of drug-likeness (QED) is 0.928. The molecule has 5 heteroatoms. The summed E-state index contributed by atoms with van der Waals surface area (Å²) >= 11 is 6.01. The van der Waals surface area contributed by atoms with Crippen LogP contribution in [-0.2, 0) is 16.1 Å². The number of carbonyl (C=O) groups excluding carboxylic acids is 2. The molecule has 1 heterocycles. The van der Waals surface area contributed by atoms with Crippen LogP contribution in [0.1, 0.15) is 31.7 Å². The van der Waals surface area contributed by atoms with Crippen molar-refractivity contribution in [3.8, 4) is 0 Å². The van der Waals surface area contributed by atoms with Gasteiger partial charge in [0, 0.05) is 11.6 Å². The Balaban J connectivity index is 1.86. The molecular weight excluding hydrogens is 288 g/mol. The van der Waals surface area contributed by atoms with Crippen LogP contribution in [0.4, 0.5) is 0 Å². The summed E-state index contributed by atoms with van der Waals surface area (Å²) in [5.41, 5.74) is 0.964. The zero-order valence-corrected chi connectivity index (χ0v) is 12.8. The van der Waals surface area contributed by atoms with Crippen LogP contribution in [-0.4, -0.2) is 28.8 Å². The number of rotatable bonds is 4. The van der Waals surface area contributed by atoms with Gasteiger partial charge in [-0.2, -0.15) is 0 Å². The number of hydrogen-bond donors (Lipinski definition) is 1. The molecule has 1 N–H and O–H groups in total. The van der Waals surface area contributed by atoms with Gasteiger partial charge in [-0.05, 0) is 42.9 Å². The van der Waals surface area contributed by atoms with Crippen molar-refractivity contribution in [2.24, 2.45) is 5.92 Å². The Kier molecular flexibility index (Phi) is 3.89. The van der Waals surface area contributed by atoms with Crippen LogP contribution in [0.15, 0.2) is 24.3 Å². The standard InChI is InChI=1S/C16H19ClN2O2/c1-2-13-16(21)19(9-10-4-3-5-12(17)8-10)14(11-6-7-11)15(20)18-13/h3-5,8,11,13-14H,2,6-7,9H2,1H3,(H,18,20). The third-order valence-corrected chi connectivity index (χ3v) is 4.46. The molecule has 1 saturated carbocycles. The smallest absolute Gasteiger partial charge is 0.246 e. The van der Waals surface area contributed by atoms with Crippen molar-refractivity contribution in [2.45, 2.75) is 44.8 Å². The monoisotopic (exact) mass is 306 g/mol. The SMILES string of the molecule is CCC1NC(=O)C(C2CC2)N(Cc2cccc(Cl)c2)C1=O. The number of piperazine rings is 1. The summed E-state index contributed by atoms with van der Waals surface area (Å²) in [4.78, 5) is 26.7. The molecule has 0 aromatic heterocycles. The van der Waals surface area contributed by atoms with Crippen LogP contribution < -0.4 is 5.32 Å². The number of benzene rings is 1. The van der Waals surface area contributed by atoms with E-state index in [1.54, 1.807) is 4.90 Å². The second kappa shape index (κ2) is 5.68. The van der Waals surface area contributed by atoms with E-state index < -0.39 is 6.04 Å². The van der Waals surface area contributed by atoms with Crippen molar-refractivity contribution in [3.63, 3.8) is 0 Å². The fraction of sp³-hybridized carbons (Fsp3) is 0.500. The number of nitrogens with zero attached hydrogens (tertiary/aromatic N) is 1. The molecule has 2 atom stereocenters. The molecule has 0 radical (unpaired) electrons. The lowest BCUT2D eigenvalue weighted by molar-refractivity contribution is -0.151. The Morgan fingerprint density at radius 3 is 2.71 bits per heavy atom. The lowest BCUT2D eigenvalue weighted by Gasteiger charge is -2.39. The first kappa shape index (κ1) is 14.4. The topological polar surface area (TPSA) is 49.4 Å². The highest BCUT2D eigenvalue weighted by Gasteiger charge is 2.47. The van der Waals surface area contributed by atoms with Crippen molar-refractivity contribution in [3.05, 3.63) is 34.9 Å². The van der Waals surface area contributed by atoms with E-state index in [0.29, 0.717) is 23.9 Å². The first-order valence-electron chi connectivity index (χ1n) is 7.45. The number of hydrogen-bond acceptors (Lipinski definition) is 2. The van der Waals surface area contributed by atoms with E-state index in [2.05, 4.69) is 5.32 Å². The van der Waals surface area contributed by atoms with E-state index in [1.807, 2.05) is 31.2 Å². The largest absolute Gasteiger partial charge is 0.343 e. The first-order valence-corrected chi connectivity index (χ1v) is 7.83. The highest BCUT2D eigenvalue weighted by atomic mass is 35.5. The maximum absolute atomic E-state index is 12.6. The Labute approximate surface area is 129 Å². The maximum atomic E-state index is 12.6. The summed E-state index contributed by atoms with van der Waals surface area (Å²) in [7, 11) is 0. The van der Waals surface area contributed by atoms with Gasteiger partial charge < -0.3 is 10.2 Å². The van der Waals surface area contributed by atoms with Gasteiger partial charge in [0.25, 0.3) is 0 Å². The molecule has 1 aliphatic heterocycles. The van der Waals surface area contributed by atoms with Gasteiger partial charge in [-0.25, -0.2) is 0 Å². The molecule has 2 aliphatic rings. The number of amides is 2. The molecule has 1 aromatic rings. The van der Waals surface area contributed by atoms with E-state index in [9.17, 15) is 9.59 Å². The molecule has 0 spiro atoms. The Hall–Kier alpha value is -1.55. The van der Waals surface area contributed by atoms with Crippen molar-refractivity contribution in [1.82, 2.24) is 10.2 Å². The van der Waals surface area contributed by atoms with E-state index in [0.717, 1.165) is 18.4 Å². The molecule has 21 heavy (non-hydrogen) atoms. The summed E-state index contributed by atoms with van der Waals surface area (Å²) in [6, 6.07) is 6.76. The van der Waals surface area contributed by atoms with Gasteiger partial charge in [0.15, 0.2) is 0 Å². The van der Waals surface area contributed by atoms with E-state index in [-0.39, 0.29) is 17.9 Å². The fourth-order valence-corrected chi connectivity index (χ4v) is 3.18. The summed E-state index contributed by atoms with van der Waals surface area (Å²) in [6.07, 6.45) is 2.66. The third kappa shape index (κ3) is 2.91. The first-order chi connectivity index (χ1) is 10.1. The van der Waals surface area contributed by atoms with E-state index in [1.165, 1.54) is 0 Å². The zero-order chi connectivity index (χ0) is 15.0. The molecule has 112 valence electrons.